The van der Waals surface area contributed by atoms with Crippen molar-refractivity contribution in [2.45, 2.75) is 33.1 Å². The van der Waals surface area contributed by atoms with Crippen LogP contribution in [-0.2, 0) is 26.7 Å². The monoisotopic (exact) mass is 431 g/mol. The average molecular weight is 432 g/mol. The first-order valence-electron chi connectivity index (χ1n) is 9.42. The highest BCUT2D eigenvalue weighted by Gasteiger charge is 2.20. The lowest BCUT2D eigenvalue weighted by molar-refractivity contribution is -0.00342. The number of hydrogen-bond acceptors (Lipinski definition) is 6. The fraction of sp³-hybridized carbons (Fsp3) is 0.409. The Bertz CT molecular complexity index is 950. The maximum absolute atomic E-state index is 11.6. The Balaban J connectivity index is 2.39. The van der Waals surface area contributed by atoms with Crippen molar-refractivity contribution in [3.05, 3.63) is 52.8 Å². The normalized spacial score (nSPS) is 12.0. The highest BCUT2D eigenvalue weighted by Crippen LogP contribution is 2.30. The van der Waals surface area contributed by atoms with Gasteiger partial charge in [0.15, 0.2) is 5.76 Å². The van der Waals surface area contributed by atoms with Gasteiger partial charge in [0.25, 0.3) is 0 Å². The van der Waals surface area contributed by atoms with Gasteiger partial charge in [-0.05, 0) is 29.5 Å². The van der Waals surface area contributed by atoms with Gasteiger partial charge < -0.3 is 14.2 Å². The van der Waals surface area contributed by atoms with E-state index in [1.54, 1.807) is 17.8 Å². The molecule has 0 bridgehead atoms. The van der Waals surface area contributed by atoms with Gasteiger partial charge >= 0.3 is 6.16 Å². The van der Waals surface area contributed by atoms with Gasteiger partial charge in [0.1, 0.15) is 23.9 Å². The summed E-state index contributed by atoms with van der Waals surface area (Å²) < 4.78 is 17.0. The van der Waals surface area contributed by atoms with Gasteiger partial charge in [0.05, 0.1) is 11.6 Å². The van der Waals surface area contributed by atoms with E-state index >= 15 is 0 Å². The molecule has 0 unspecified atom stereocenters. The summed E-state index contributed by atoms with van der Waals surface area (Å²) in [5, 5.41) is 14.2. The van der Waals surface area contributed by atoms with Gasteiger partial charge in [0.2, 0.25) is 6.79 Å². The van der Waals surface area contributed by atoms with E-state index in [1.165, 1.54) is 0 Å². The number of carbonyl (C=O) groups excluding carboxylic acids is 1. The largest absolute Gasteiger partial charge is 0.511 e. The second kappa shape index (κ2) is 10.2. The molecule has 0 saturated carbocycles. The molecule has 7 nitrogen and oxygen atoms in total. The second-order valence-corrected chi connectivity index (χ2v) is 8.01. The molecule has 0 amide bonds. The number of allylic oxidation sites excluding steroid dienone is 1. The number of nitriles is 1. The van der Waals surface area contributed by atoms with Crippen LogP contribution in [-0.4, -0.2) is 35.2 Å². The summed E-state index contributed by atoms with van der Waals surface area (Å²) in [6.45, 7) is 7.81. The first kappa shape index (κ1) is 23.3. The molecule has 0 radical (unpaired) electrons. The Hall–Kier alpha value is -2.98. The predicted molar refractivity (Wildman–Crippen MR) is 115 cm³/mol. The lowest BCUT2D eigenvalue weighted by atomic mass is 9.86. The van der Waals surface area contributed by atoms with Gasteiger partial charge in [-0.2, -0.15) is 10.4 Å². The topological polar surface area (TPSA) is 86.4 Å². The van der Waals surface area contributed by atoms with Crippen molar-refractivity contribution >= 4 is 29.1 Å². The van der Waals surface area contributed by atoms with Crippen LogP contribution in [0.4, 0.5) is 4.79 Å². The van der Waals surface area contributed by atoms with E-state index in [0.29, 0.717) is 16.8 Å². The maximum Gasteiger partial charge on any atom is 0.511 e. The number of halogens is 1. The van der Waals surface area contributed by atoms with Crippen LogP contribution in [0.1, 0.15) is 43.3 Å². The third-order valence-electron chi connectivity index (χ3n) is 4.29. The molecule has 160 valence electrons. The smallest absolute Gasteiger partial charge is 0.454 e. The average Bonchev–Trinajstić information content (AvgIpc) is 3.03. The fourth-order valence-electron chi connectivity index (χ4n) is 2.78. The van der Waals surface area contributed by atoms with E-state index in [9.17, 15) is 10.1 Å². The summed E-state index contributed by atoms with van der Waals surface area (Å²) in [5.74, 6) is 0.424. The first-order chi connectivity index (χ1) is 14.2. The van der Waals surface area contributed by atoms with Crippen molar-refractivity contribution in [2.75, 3.05) is 19.3 Å². The van der Waals surface area contributed by atoms with Crippen molar-refractivity contribution in [2.24, 2.45) is 7.05 Å². The number of benzene rings is 1. The third kappa shape index (κ3) is 6.01. The minimum Gasteiger partial charge on any atom is -0.454 e. The third-order valence-corrected chi connectivity index (χ3v) is 4.44. The number of alkyl halides is 1. The number of nitrogens with zero attached hydrogens (tertiary/aromatic N) is 3. The minimum atomic E-state index is -0.899. The van der Waals surface area contributed by atoms with Crippen molar-refractivity contribution in [1.29, 1.82) is 5.26 Å². The van der Waals surface area contributed by atoms with E-state index in [4.69, 9.17) is 25.8 Å². The van der Waals surface area contributed by atoms with E-state index in [-0.39, 0.29) is 23.7 Å². The van der Waals surface area contributed by atoms with Crippen LogP contribution in [0.2, 0.25) is 0 Å². The zero-order valence-corrected chi connectivity index (χ0v) is 18.6. The predicted octanol–water partition coefficient (Wildman–Crippen LogP) is 4.78. The summed E-state index contributed by atoms with van der Waals surface area (Å²) in [6, 6.07) is 11.7. The first-order valence-corrected chi connectivity index (χ1v) is 9.95. The van der Waals surface area contributed by atoms with Gasteiger partial charge in [-0.15, -0.1) is 11.6 Å². The highest BCUT2D eigenvalue weighted by molar-refractivity contribution is 6.18. The molecular formula is C22H26ClN3O4. The SMILES string of the molecule is Cc1cc(/C(OCOC(=O)OCCCl)=C(\C#N)c2ccc(C(C)(C)C)cc2)n(C)n1. The molecule has 1 aromatic heterocycles. The highest BCUT2D eigenvalue weighted by atomic mass is 35.5. The zero-order valence-electron chi connectivity index (χ0n) is 17.9. The van der Waals surface area contributed by atoms with Crippen LogP contribution in [0, 0.1) is 18.3 Å². The summed E-state index contributed by atoms with van der Waals surface area (Å²) in [6.07, 6.45) is -0.899. The number of rotatable bonds is 7. The van der Waals surface area contributed by atoms with Crippen molar-refractivity contribution < 1.29 is 19.0 Å². The van der Waals surface area contributed by atoms with Crippen LogP contribution in [0.25, 0.3) is 11.3 Å². The zero-order chi connectivity index (χ0) is 22.3. The molecule has 0 aliphatic rings. The van der Waals surface area contributed by atoms with Crippen molar-refractivity contribution in [1.82, 2.24) is 9.78 Å². The molecule has 0 aliphatic carbocycles. The Kier molecular flexibility index (Phi) is 7.90. The van der Waals surface area contributed by atoms with E-state index in [0.717, 1.165) is 11.3 Å². The maximum atomic E-state index is 11.6. The molecule has 0 fully saturated rings. The Morgan fingerprint density at radius 1 is 1.20 bits per heavy atom. The Morgan fingerprint density at radius 3 is 2.37 bits per heavy atom. The van der Waals surface area contributed by atoms with Crippen molar-refractivity contribution in [3.8, 4) is 6.07 Å². The molecule has 0 atom stereocenters. The minimum absolute atomic E-state index is 0.00916. The summed E-state index contributed by atoms with van der Waals surface area (Å²) in [4.78, 5) is 11.6. The molecule has 2 aromatic rings. The van der Waals surface area contributed by atoms with Gasteiger partial charge in [-0.25, -0.2) is 4.79 Å². The quantitative estimate of drug-likeness (QED) is 0.206. The fourth-order valence-corrected chi connectivity index (χ4v) is 2.86. The molecular weight excluding hydrogens is 406 g/mol. The van der Waals surface area contributed by atoms with E-state index in [1.807, 2.05) is 31.2 Å². The molecule has 1 aromatic carbocycles. The number of ether oxygens (including phenoxy) is 3. The summed E-state index contributed by atoms with van der Waals surface area (Å²) in [5.41, 5.74) is 3.47. The van der Waals surface area contributed by atoms with Crippen LogP contribution < -0.4 is 0 Å². The molecule has 2 rings (SSSR count). The van der Waals surface area contributed by atoms with Crippen LogP contribution >= 0.6 is 11.6 Å². The molecule has 0 aliphatic heterocycles. The van der Waals surface area contributed by atoms with Crippen LogP contribution in [0.15, 0.2) is 30.3 Å². The lowest BCUT2D eigenvalue weighted by Crippen LogP contribution is -2.13. The summed E-state index contributed by atoms with van der Waals surface area (Å²) >= 11 is 5.48. The van der Waals surface area contributed by atoms with Crippen LogP contribution in [0.5, 0.6) is 0 Å². The molecule has 0 N–H and O–H groups in total. The Morgan fingerprint density at radius 2 is 1.87 bits per heavy atom. The van der Waals surface area contributed by atoms with Gasteiger partial charge in [-0.3, -0.25) is 4.68 Å². The standard InChI is InChI=1S/C22H26ClN3O4/c1-15-12-19(26(5)25-15)20(29-14-30-21(27)28-11-10-23)18(13-24)16-6-8-17(9-7-16)22(2,3)4/h6-9,12H,10-11,14H2,1-5H3/b20-18-. The second-order valence-electron chi connectivity index (χ2n) is 7.63. The van der Waals surface area contributed by atoms with Gasteiger partial charge in [0, 0.05) is 7.05 Å². The number of aryl methyl sites for hydroxylation is 2. The summed E-state index contributed by atoms with van der Waals surface area (Å²) in [7, 11) is 1.75. The molecule has 30 heavy (non-hydrogen) atoms. The Labute approximate surface area is 181 Å². The molecule has 1 heterocycles. The van der Waals surface area contributed by atoms with Gasteiger partial charge in [-0.1, -0.05) is 45.0 Å². The van der Waals surface area contributed by atoms with E-state index in [2.05, 4.69) is 31.9 Å². The number of carbonyl (C=O) groups is 1. The molecule has 0 saturated heterocycles. The number of hydrogen-bond donors (Lipinski definition) is 0. The van der Waals surface area contributed by atoms with E-state index < -0.39 is 12.9 Å². The molecule has 0 spiro atoms. The van der Waals surface area contributed by atoms with Crippen LogP contribution in [0.3, 0.4) is 0 Å². The molecule has 8 heteroatoms. The number of aromatic nitrogens is 2. The lowest BCUT2D eigenvalue weighted by Gasteiger charge is -2.19. The van der Waals surface area contributed by atoms with Crippen molar-refractivity contribution in [3.63, 3.8) is 0 Å².